The predicted molar refractivity (Wildman–Crippen MR) is 53.7 cm³/mol. The Morgan fingerprint density at radius 2 is 2.08 bits per heavy atom. The van der Waals surface area contributed by atoms with E-state index in [0.717, 1.165) is 17.7 Å². The quantitative estimate of drug-likeness (QED) is 0.621. The summed E-state index contributed by atoms with van der Waals surface area (Å²) in [6.45, 7) is 0. The maximum absolute atomic E-state index is 10.8. The van der Waals surface area contributed by atoms with Gasteiger partial charge in [-0.15, -0.1) is 17.0 Å². The number of carbonyl (C=O) groups is 1. The Bertz CT molecular complexity index is 323. The topological polar surface area (TPSA) is 29.4 Å². The summed E-state index contributed by atoms with van der Waals surface area (Å²) in [6.07, 6.45) is 10.2. The highest BCUT2D eigenvalue weighted by molar-refractivity contribution is 8.93. The first-order valence-corrected chi connectivity index (χ1v) is 3.54. The van der Waals surface area contributed by atoms with E-state index in [4.69, 9.17) is 0 Å². The number of amides is 1. The molecule has 0 atom stereocenters. The number of hydrogen-bond acceptors (Lipinski definition) is 1. The third-order valence-corrected chi connectivity index (χ3v) is 1.68. The van der Waals surface area contributed by atoms with Crippen LogP contribution in [0.3, 0.4) is 0 Å². The highest BCUT2D eigenvalue weighted by Crippen LogP contribution is 2.13. The first kappa shape index (κ1) is 9.13. The molecule has 0 saturated heterocycles. The molecule has 0 radical (unpaired) electrons. The fourth-order valence-corrected chi connectivity index (χ4v) is 1.15. The Morgan fingerprint density at radius 3 is 2.92 bits per heavy atom. The number of nitrogens with zero attached hydrogens (tertiary/aromatic N) is 1. The molecule has 0 aromatic rings. The maximum atomic E-state index is 10.8. The number of carbonyl (C=O) groups excluding carboxylic acids is 1. The molecule has 0 aromatic carbocycles. The second-order valence-electron chi connectivity index (χ2n) is 2.47. The van der Waals surface area contributed by atoms with E-state index < -0.39 is 0 Å². The van der Waals surface area contributed by atoms with Crippen LogP contribution in [-0.4, -0.2) is 11.6 Å². The first-order valence-electron chi connectivity index (χ1n) is 3.54. The summed E-state index contributed by atoms with van der Waals surface area (Å²) in [6, 6.07) is 0. The third kappa shape index (κ3) is 1.61. The van der Waals surface area contributed by atoms with Gasteiger partial charge in [-0.25, -0.2) is 4.99 Å². The Kier molecular flexibility index (Phi) is 2.76. The minimum absolute atomic E-state index is 0. The Morgan fingerprint density at radius 1 is 1.25 bits per heavy atom. The molecule has 62 valence electrons. The number of aliphatic imine (C=N–C) groups is 1. The zero-order chi connectivity index (χ0) is 7.68. The van der Waals surface area contributed by atoms with E-state index in [-0.39, 0.29) is 22.9 Å². The molecule has 0 fully saturated rings. The molecule has 3 heteroatoms. The standard InChI is InChI=1S/C9H7NO.BrH/c11-9-6-5-7-3-1-2-4-8(7)10-9;/h2-6H,1H2;1H. The molecule has 1 heterocycles. The van der Waals surface area contributed by atoms with Crippen LogP contribution in [0.4, 0.5) is 0 Å². The van der Waals surface area contributed by atoms with Crippen molar-refractivity contribution < 1.29 is 4.79 Å². The zero-order valence-corrected chi connectivity index (χ0v) is 8.07. The molecule has 0 N–H and O–H groups in total. The van der Waals surface area contributed by atoms with E-state index in [0.29, 0.717) is 0 Å². The largest absolute Gasteiger partial charge is 0.270 e. The van der Waals surface area contributed by atoms with Gasteiger partial charge in [-0.05, 0) is 24.1 Å². The second kappa shape index (κ2) is 3.63. The van der Waals surface area contributed by atoms with Crippen molar-refractivity contribution in [3.63, 3.8) is 0 Å². The van der Waals surface area contributed by atoms with E-state index in [1.165, 1.54) is 6.08 Å². The molecule has 2 nitrogen and oxygen atoms in total. The fraction of sp³-hybridized carbons (Fsp3) is 0.111. The van der Waals surface area contributed by atoms with E-state index in [1.807, 2.05) is 18.2 Å². The van der Waals surface area contributed by atoms with Crippen LogP contribution in [0.25, 0.3) is 0 Å². The van der Waals surface area contributed by atoms with Crippen LogP contribution in [-0.2, 0) is 4.79 Å². The summed E-state index contributed by atoms with van der Waals surface area (Å²) < 4.78 is 0. The molecule has 1 amide bonds. The van der Waals surface area contributed by atoms with Crippen LogP contribution < -0.4 is 0 Å². The van der Waals surface area contributed by atoms with E-state index in [2.05, 4.69) is 11.1 Å². The molecule has 0 unspecified atom stereocenters. The van der Waals surface area contributed by atoms with Gasteiger partial charge in [0.15, 0.2) is 0 Å². The Balaban J connectivity index is 0.000000720. The number of halogens is 1. The summed E-state index contributed by atoms with van der Waals surface area (Å²) in [5, 5.41) is 0. The van der Waals surface area contributed by atoms with Gasteiger partial charge in [-0.1, -0.05) is 12.2 Å². The summed E-state index contributed by atoms with van der Waals surface area (Å²) in [4.78, 5) is 14.6. The number of rotatable bonds is 0. The smallest absolute Gasteiger partial charge is 0.267 e. The minimum Gasteiger partial charge on any atom is -0.267 e. The Labute approximate surface area is 81.1 Å². The van der Waals surface area contributed by atoms with Gasteiger partial charge in [0.05, 0.1) is 5.71 Å². The third-order valence-electron chi connectivity index (χ3n) is 1.68. The molecular weight excluding hydrogens is 218 g/mol. The lowest BCUT2D eigenvalue weighted by Gasteiger charge is -2.08. The molecule has 0 saturated carbocycles. The van der Waals surface area contributed by atoms with Crippen LogP contribution in [0.15, 0.2) is 40.9 Å². The molecule has 1 aliphatic heterocycles. The molecule has 12 heavy (non-hydrogen) atoms. The lowest BCUT2D eigenvalue weighted by molar-refractivity contribution is -0.113. The number of dihydropyridines is 1. The number of fused-ring (bicyclic) bond motifs is 1. The molecule has 0 aromatic heterocycles. The van der Waals surface area contributed by atoms with Gasteiger partial charge in [0, 0.05) is 6.08 Å². The molecule has 2 aliphatic rings. The second-order valence-corrected chi connectivity index (χ2v) is 2.47. The van der Waals surface area contributed by atoms with Crippen molar-refractivity contribution in [1.82, 2.24) is 0 Å². The van der Waals surface area contributed by atoms with Gasteiger partial charge in [-0.2, -0.15) is 0 Å². The van der Waals surface area contributed by atoms with Crippen molar-refractivity contribution in [2.75, 3.05) is 0 Å². The number of hydrogen-bond donors (Lipinski definition) is 0. The SMILES string of the molecule is Br.O=C1C=CC2=CCC=CC2=N1. The van der Waals surface area contributed by atoms with Crippen LogP contribution >= 0.6 is 17.0 Å². The Hall–Kier alpha value is -0.960. The van der Waals surface area contributed by atoms with Gasteiger partial charge in [-0.3, -0.25) is 4.79 Å². The monoisotopic (exact) mass is 225 g/mol. The summed E-state index contributed by atoms with van der Waals surface area (Å²) in [5.74, 6) is -0.163. The van der Waals surface area contributed by atoms with Gasteiger partial charge in [0.25, 0.3) is 5.91 Å². The van der Waals surface area contributed by atoms with E-state index in [1.54, 1.807) is 0 Å². The highest BCUT2D eigenvalue weighted by Gasteiger charge is 2.09. The van der Waals surface area contributed by atoms with Gasteiger partial charge in [0.1, 0.15) is 0 Å². The van der Waals surface area contributed by atoms with Crippen molar-refractivity contribution in [3.05, 3.63) is 36.0 Å². The number of allylic oxidation sites excluding steroid dienone is 5. The summed E-state index contributed by atoms with van der Waals surface area (Å²) in [5.41, 5.74) is 1.86. The zero-order valence-electron chi connectivity index (χ0n) is 6.36. The first-order chi connectivity index (χ1) is 5.36. The fourth-order valence-electron chi connectivity index (χ4n) is 1.15. The van der Waals surface area contributed by atoms with Crippen molar-refractivity contribution in [3.8, 4) is 0 Å². The lowest BCUT2D eigenvalue weighted by Crippen LogP contribution is -2.08. The van der Waals surface area contributed by atoms with Crippen LogP contribution in [0.5, 0.6) is 0 Å². The van der Waals surface area contributed by atoms with Gasteiger partial charge in [0.2, 0.25) is 0 Å². The molecule has 1 aliphatic carbocycles. The van der Waals surface area contributed by atoms with Crippen molar-refractivity contribution >= 4 is 28.6 Å². The van der Waals surface area contributed by atoms with Crippen molar-refractivity contribution in [2.24, 2.45) is 4.99 Å². The molecule has 2 rings (SSSR count). The van der Waals surface area contributed by atoms with Crippen LogP contribution in [0, 0.1) is 0 Å². The van der Waals surface area contributed by atoms with E-state index >= 15 is 0 Å². The van der Waals surface area contributed by atoms with Crippen LogP contribution in [0.1, 0.15) is 6.42 Å². The lowest BCUT2D eigenvalue weighted by atomic mass is 10.0. The molecule has 0 spiro atoms. The van der Waals surface area contributed by atoms with Gasteiger partial charge >= 0.3 is 0 Å². The van der Waals surface area contributed by atoms with Crippen molar-refractivity contribution in [1.29, 1.82) is 0 Å². The average molecular weight is 226 g/mol. The molecular formula is C9H8BrNO. The van der Waals surface area contributed by atoms with Gasteiger partial charge < -0.3 is 0 Å². The van der Waals surface area contributed by atoms with Crippen molar-refractivity contribution in [2.45, 2.75) is 6.42 Å². The highest BCUT2D eigenvalue weighted by atomic mass is 79.9. The minimum atomic E-state index is -0.163. The maximum Gasteiger partial charge on any atom is 0.270 e. The molecule has 0 bridgehead atoms. The average Bonchev–Trinajstić information content (AvgIpc) is 2.04. The van der Waals surface area contributed by atoms with E-state index in [9.17, 15) is 4.79 Å². The summed E-state index contributed by atoms with van der Waals surface area (Å²) >= 11 is 0. The predicted octanol–water partition coefficient (Wildman–Crippen LogP) is 1.99. The summed E-state index contributed by atoms with van der Waals surface area (Å²) in [7, 11) is 0. The van der Waals surface area contributed by atoms with Crippen LogP contribution in [0.2, 0.25) is 0 Å². The normalized spacial score (nSPS) is 19.2.